The molecular weight excluding hydrogens is 391 g/mol. The molecule has 0 amide bonds. The zero-order chi connectivity index (χ0) is 20.7. The number of hydrogen-bond donors (Lipinski definition) is 4. The average molecular weight is 416 g/mol. The molecule has 0 atom stereocenters. The Morgan fingerprint density at radius 3 is 1.71 bits per heavy atom. The highest BCUT2D eigenvalue weighted by Gasteiger charge is 2.23. The van der Waals surface area contributed by atoms with Gasteiger partial charge in [-0.15, -0.1) is 0 Å². The van der Waals surface area contributed by atoms with Crippen molar-refractivity contribution in [3.63, 3.8) is 0 Å². The molecule has 0 spiro atoms. The number of hydrogen-bond acceptors (Lipinski definition) is 7. The van der Waals surface area contributed by atoms with Crippen molar-refractivity contribution >= 4 is 19.5 Å². The first-order valence-electron chi connectivity index (χ1n) is 8.71. The number of nitrogens with zero attached hydrogens (tertiary/aromatic N) is 4. The van der Waals surface area contributed by atoms with Gasteiger partial charge in [0.2, 0.25) is 0 Å². The van der Waals surface area contributed by atoms with Crippen LogP contribution in [-0.2, 0) is 27.2 Å². The van der Waals surface area contributed by atoms with Crippen LogP contribution in [0.15, 0.2) is 18.2 Å². The van der Waals surface area contributed by atoms with Gasteiger partial charge in [0.05, 0.1) is 24.5 Å². The summed E-state index contributed by atoms with van der Waals surface area (Å²) >= 11 is 0. The molecule has 4 N–H and O–H groups in total. The van der Waals surface area contributed by atoms with Crippen LogP contribution in [0.3, 0.4) is 0 Å². The maximum atomic E-state index is 11.5. The number of pyridine rings is 1. The Morgan fingerprint density at radius 2 is 1.32 bits per heavy atom. The molecule has 156 valence electrons. The molecule has 11 nitrogen and oxygen atoms in total. The molecule has 1 aliphatic rings. The highest BCUT2D eigenvalue weighted by Crippen LogP contribution is 2.34. The fourth-order valence-corrected chi connectivity index (χ4v) is 3.86. The van der Waals surface area contributed by atoms with E-state index in [1.54, 1.807) is 28.0 Å². The molecule has 0 aromatic carbocycles. The second-order valence-corrected chi connectivity index (χ2v) is 8.37. The smallest absolute Gasteiger partial charge is 0.339 e. The van der Waals surface area contributed by atoms with E-state index in [1.807, 2.05) is 0 Å². The topological polar surface area (TPSA) is 155 Å². The van der Waals surface area contributed by atoms with E-state index in [-0.39, 0.29) is 52.4 Å². The van der Waals surface area contributed by atoms with Crippen LogP contribution in [0.5, 0.6) is 0 Å². The van der Waals surface area contributed by atoms with Crippen LogP contribution in [0.2, 0.25) is 0 Å². The molecule has 0 saturated carbocycles. The lowest BCUT2D eigenvalue weighted by Gasteiger charge is -2.30. The highest BCUT2D eigenvalue weighted by molar-refractivity contribution is 7.51. The minimum absolute atomic E-state index is 0.221. The van der Waals surface area contributed by atoms with Crippen molar-refractivity contribution in [2.75, 3.05) is 45.6 Å². The van der Waals surface area contributed by atoms with Crippen LogP contribution in [0.4, 0.5) is 0 Å². The summed E-state index contributed by atoms with van der Waals surface area (Å²) in [5.74, 6) is -2.00. The molecular formula is C16H25N4O7P. The summed E-state index contributed by atoms with van der Waals surface area (Å²) in [6, 6.07) is 5.32. The Labute approximate surface area is 162 Å². The van der Waals surface area contributed by atoms with E-state index in [4.69, 9.17) is 10.2 Å². The second-order valence-electron chi connectivity index (χ2n) is 6.75. The van der Waals surface area contributed by atoms with Crippen molar-refractivity contribution < 1.29 is 34.2 Å². The lowest BCUT2D eigenvalue weighted by Crippen LogP contribution is -2.42. The number of aliphatic carboxylic acids is 2. The van der Waals surface area contributed by atoms with Crippen LogP contribution < -0.4 is 0 Å². The van der Waals surface area contributed by atoms with Crippen LogP contribution in [0, 0.1) is 0 Å². The summed E-state index contributed by atoms with van der Waals surface area (Å²) in [5, 5.41) is 18.3. The first-order valence-corrected chi connectivity index (χ1v) is 10.5. The third kappa shape index (κ3) is 8.42. The molecule has 2 heterocycles. The molecule has 0 fully saturated rings. The Bertz CT molecular complexity index is 696. The Kier molecular flexibility index (Phi) is 8.05. The maximum absolute atomic E-state index is 11.5. The van der Waals surface area contributed by atoms with Gasteiger partial charge in [0, 0.05) is 39.3 Å². The maximum Gasteiger partial charge on any atom is 0.339 e. The molecule has 0 unspecified atom stereocenters. The largest absolute Gasteiger partial charge is 0.480 e. The summed E-state index contributed by atoms with van der Waals surface area (Å²) < 4.78 is 11.5. The van der Waals surface area contributed by atoms with Crippen LogP contribution in [0.1, 0.15) is 11.4 Å². The van der Waals surface area contributed by atoms with E-state index < -0.39 is 25.8 Å². The van der Waals surface area contributed by atoms with E-state index in [0.717, 1.165) is 0 Å². The van der Waals surface area contributed by atoms with Crippen molar-refractivity contribution in [1.29, 1.82) is 0 Å². The first-order chi connectivity index (χ1) is 13.1. The van der Waals surface area contributed by atoms with Gasteiger partial charge in [-0.2, -0.15) is 0 Å². The van der Waals surface area contributed by atoms with E-state index in [9.17, 15) is 23.9 Å². The highest BCUT2D eigenvalue weighted by atomic mass is 31.2. The molecule has 1 aromatic rings. The lowest BCUT2D eigenvalue weighted by atomic mass is 10.2. The van der Waals surface area contributed by atoms with Crippen molar-refractivity contribution in [2.45, 2.75) is 13.1 Å². The summed E-state index contributed by atoms with van der Waals surface area (Å²) in [5.41, 5.74) is 1.30. The Morgan fingerprint density at radius 1 is 0.893 bits per heavy atom. The van der Waals surface area contributed by atoms with Crippen molar-refractivity contribution in [2.24, 2.45) is 0 Å². The molecule has 0 radical (unpaired) electrons. The number of aromatic nitrogens is 1. The molecule has 12 heteroatoms. The van der Waals surface area contributed by atoms with Gasteiger partial charge in [0.25, 0.3) is 0 Å². The minimum Gasteiger partial charge on any atom is -0.480 e. The third-order valence-electron chi connectivity index (χ3n) is 4.20. The second kappa shape index (κ2) is 10.1. The molecule has 2 bridgehead atoms. The summed E-state index contributed by atoms with van der Waals surface area (Å²) in [6.45, 7) is 1.11. The number of fused-ring (bicyclic) bond motifs is 2. The number of carboxylic acid groups (broad SMARTS) is 2. The zero-order valence-electron chi connectivity index (χ0n) is 15.3. The molecule has 1 aromatic heterocycles. The molecule has 0 saturated heterocycles. The zero-order valence-corrected chi connectivity index (χ0v) is 16.2. The predicted molar refractivity (Wildman–Crippen MR) is 98.5 cm³/mol. The van der Waals surface area contributed by atoms with E-state index in [0.29, 0.717) is 11.4 Å². The Hall–Kier alpha value is -1.88. The predicted octanol–water partition coefficient (Wildman–Crippen LogP) is -0.694. The minimum atomic E-state index is -4.32. The lowest BCUT2D eigenvalue weighted by molar-refractivity contribution is -0.139. The normalized spacial score (nSPS) is 18.2. The molecule has 0 aliphatic carbocycles. The van der Waals surface area contributed by atoms with Gasteiger partial charge >= 0.3 is 19.5 Å². The van der Waals surface area contributed by atoms with E-state index in [1.165, 1.54) is 4.90 Å². The fraction of sp³-hybridized carbons (Fsp3) is 0.562. The van der Waals surface area contributed by atoms with Gasteiger partial charge in [-0.1, -0.05) is 6.07 Å². The van der Waals surface area contributed by atoms with Crippen LogP contribution >= 0.6 is 7.60 Å². The summed E-state index contributed by atoms with van der Waals surface area (Å²) in [4.78, 5) is 50.3. The Balaban J connectivity index is 2.26. The van der Waals surface area contributed by atoms with Crippen molar-refractivity contribution in [3.8, 4) is 0 Å². The number of rotatable bonds is 6. The fourth-order valence-electron chi connectivity index (χ4n) is 3.05. The SMILES string of the molecule is O=C(O)CN1CCN(CP(=O)(O)O)CCN(CC(=O)O)Cc2cccc(n2)C1. The number of carboxylic acids is 2. The molecule has 1 aliphatic heterocycles. The standard InChI is InChI=1S/C16H25N4O7P/c21-15(22)10-19-6-4-18(12-28(25,26)27)5-7-20(11-16(23)24)9-14-3-1-2-13(8-19)17-14/h1-3H,4-12H2,(H,21,22)(H,23,24)(H2,25,26,27). The monoisotopic (exact) mass is 416 g/mol. The van der Waals surface area contributed by atoms with Gasteiger partial charge in [-0.05, 0) is 12.1 Å². The summed E-state index contributed by atoms with van der Waals surface area (Å²) in [6.07, 6.45) is -0.474. The van der Waals surface area contributed by atoms with Crippen LogP contribution in [-0.4, -0.2) is 97.2 Å². The summed E-state index contributed by atoms with van der Waals surface area (Å²) in [7, 11) is -4.32. The quantitative estimate of drug-likeness (QED) is 0.435. The third-order valence-corrected chi connectivity index (χ3v) is 4.97. The van der Waals surface area contributed by atoms with E-state index in [2.05, 4.69) is 4.98 Å². The van der Waals surface area contributed by atoms with E-state index >= 15 is 0 Å². The van der Waals surface area contributed by atoms with Gasteiger partial charge in [0.1, 0.15) is 6.29 Å². The molecule has 28 heavy (non-hydrogen) atoms. The van der Waals surface area contributed by atoms with Crippen molar-refractivity contribution in [1.82, 2.24) is 19.7 Å². The van der Waals surface area contributed by atoms with Gasteiger partial charge < -0.3 is 20.0 Å². The van der Waals surface area contributed by atoms with Crippen LogP contribution in [0.25, 0.3) is 0 Å². The average Bonchev–Trinajstić information content (AvgIpc) is 2.54. The van der Waals surface area contributed by atoms with Crippen molar-refractivity contribution in [3.05, 3.63) is 29.6 Å². The van der Waals surface area contributed by atoms with Gasteiger partial charge in [-0.25, -0.2) is 0 Å². The first kappa shape index (κ1) is 22.4. The molecule has 2 rings (SSSR count). The van der Waals surface area contributed by atoms with Gasteiger partial charge in [0.15, 0.2) is 0 Å². The van der Waals surface area contributed by atoms with Gasteiger partial charge in [-0.3, -0.25) is 33.8 Å². The number of carbonyl (C=O) groups is 2.